The predicted molar refractivity (Wildman–Crippen MR) is 71.9 cm³/mol. The molecule has 96 valence electrons. The Morgan fingerprint density at radius 1 is 1.28 bits per heavy atom. The Hall–Kier alpha value is -0.850. The molecule has 0 aliphatic carbocycles. The summed E-state index contributed by atoms with van der Waals surface area (Å²) in [6.07, 6.45) is 0. The van der Waals surface area contributed by atoms with Crippen molar-refractivity contribution in [3.63, 3.8) is 0 Å². The molecule has 0 aliphatic heterocycles. The van der Waals surface area contributed by atoms with Crippen LogP contribution < -0.4 is 10.6 Å². The smallest absolute Gasteiger partial charge is 0.140 e. The highest BCUT2D eigenvalue weighted by Crippen LogP contribution is 2.28. The number of ether oxygens (including phenoxy) is 1. The predicted octanol–water partition coefficient (Wildman–Crippen LogP) is 3.42. The van der Waals surface area contributed by atoms with E-state index in [9.17, 15) is 0 Å². The van der Waals surface area contributed by atoms with Gasteiger partial charge in [-0.25, -0.2) is 10.9 Å². The zero-order chi connectivity index (χ0) is 13.0. The highest BCUT2D eigenvalue weighted by atomic mass is 35.5. The molecule has 0 saturated carbocycles. The van der Waals surface area contributed by atoms with Crippen LogP contribution in [0.15, 0.2) is 23.6 Å². The lowest BCUT2D eigenvalue weighted by Crippen LogP contribution is -2.00. The Bertz CT molecular complexity index is 534. The van der Waals surface area contributed by atoms with Crippen LogP contribution in [0.4, 0.5) is 0 Å². The molecule has 1 heterocycles. The fourth-order valence-electron chi connectivity index (χ4n) is 1.29. The number of hydrogen-bond donors (Lipinski definition) is 1. The second-order valence-corrected chi connectivity index (χ2v) is 5.19. The maximum absolute atomic E-state index is 5.98. The summed E-state index contributed by atoms with van der Waals surface area (Å²) in [4.78, 5) is 8.78. The first-order valence-electron chi connectivity index (χ1n) is 5.02. The summed E-state index contributed by atoms with van der Waals surface area (Å²) in [6, 6.07) is 5.06. The topological polar surface area (TPSA) is 57.4 Å². The van der Waals surface area contributed by atoms with Crippen LogP contribution in [0.25, 0.3) is 0 Å². The van der Waals surface area contributed by atoms with E-state index in [1.54, 1.807) is 18.2 Å². The Morgan fingerprint density at radius 3 is 2.89 bits per heavy atom. The fraction of sp³-hybridized carbons (Fsp3) is 0.182. The molecule has 18 heavy (non-hydrogen) atoms. The van der Waals surface area contributed by atoms with Gasteiger partial charge < -0.3 is 4.74 Å². The Balaban J connectivity index is 1.99. The molecule has 0 radical (unpaired) electrons. The van der Waals surface area contributed by atoms with Crippen LogP contribution in [0.1, 0.15) is 10.7 Å². The van der Waals surface area contributed by atoms with Crippen molar-refractivity contribution in [3.05, 3.63) is 44.3 Å². The molecular formula is C11H10Cl2N2O2S. The number of aromatic nitrogens is 1. The van der Waals surface area contributed by atoms with Crippen LogP contribution in [-0.2, 0) is 18.1 Å². The number of halogens is 2. The summed E-state index contributed by atoms with van der Waals surface area (Å²) >= 11 is 13.3. The summed E-state index contributed by atoms with van der Waals surface area (Å²) in [6.45, 7) is 0.615. The molecule has 0 fully saturated rings. The molecule has 0 aliphatic rings. The van der Waals surface area contributed by atoms with Gasteiger partial charge >= 0.3 is 0 Å². The zero-order valence-electron chi connectivity index (χ0n) is 9.23. The van der Waals surface area contributed by atoms with Crippen LogP contribution in [0.5, 0.6) is 5.75 Å². The maximum Gasteiger partial charge on any atom is 0.140 e. The molecule has 1 aromatic carbocycles. The molecule has 7 heteroatoms. The van der Waals surface area contributed by atoms with Crippen molar-refractivity contribution in [2.45, 2.75) is 13.2 Å². The molecule has 2 N–H and O–H groups in total. The normalized spacial score (nSPS) is 10.6. The van der Waals surface area contributed by atoms with Crippen molar-refractivity contribution in [1.29, 1.82) is 0 Å². The maximum atomic E-state index is 5.98. The summed E-state index contributed by atoms with van der Waals surface area (Å²) in [7, 11) is 0. The van der Waals surface area contributed by atoms with Gasteiger partial charge in [-0.2, -0.15) is 0 Å². The fourth-order valence-corrected chi connectivity index (χ4v) is 2.32. The minimum atomic E-state index is 0.286. The molecular weight excluding hydrogens is 295 g/mol. The van der Waals surface area contributed by atoms with Crippen molar-refractivity contribution >= 4 is 34.5 Å². The van der Waals surface area contributed by atoms with E-state index in [2.05, 4.69) is 9.82 Å². The molecule has 1 aromatic heterocycles. The van der Waals surface area contributed by atoms with E-state index in [0.717, 1.165) is 10.7 Å². The van der Waals surface area contributed by atoms with E-state index in [0.29, 0.717) is 22.4 Å². The third-order valence-corrected chi connectivity index (χ3v) is 3.49. The van der Waals surface area contributed by atoms with Gasteiger partial charge in [0.2, 0.25) is 0 Å². The van der Waals surface area contributed by atoms with E-state index in [1.807, 2.05) is 5.38 Å². The molecule has 0 saturated heterocycles. The number of benzene rings is 1. The minimum absolute atomic E-state index is 0.286. The summed E-state index contributed by atoms with van der Waals surface area (Å²) < 4.78 is 5.55. The highest BCUT2D eigenvalue weighted by molar-refractivity contribution is 7.09. The number of rotatable bonds is 5. The summed E-state index contributed by atoms with van der Waals surface area (Å²) in [5.41, 5.74) is 0.776. The molecule has 0 spiro atoms. The van der Waals surface area contributed by atoms with Gasteiger partial charge in [-0.3, -0.25) is 4.84 Å². The number of hydrogen-bond acceptors (Lipinski definition) is 5. The molecule has 4 nitrogen and oxygen atoms in total. The molecule has 0 atom stereocenters. The van der Waals surface area contributed by atoms with E-state index in [4.69, 9.17) is 33.8 Å². The number of nitrogens with zero attached hydrogens (tertiary/aromatic N) is 1. The average Bonchev–Trinajstić information content (AvgIpc) is 2.79. The summed E-state index contributed by atoms with van der Waals surface area (Å²) in [5.74, 6) is 5.51. The van der Waals surface area contributed by atoms with Crippen LogP contribution in [-0.4, -0.2) is 4.98 Å². The van der Waals surface area contributed by atoms with Gasteiger partial charge in [0, 0.05) is 16.5 Å². The third kappa shape index (κ3) is 3.57. The van der Waals surface area contributed by atoms with Gasteiger partial charge in [-0.1, -0.05) is 23.2 Å². The van der Waals surface area contributed by atoms with Crippen LogP contribution in [0.2, 0.25) is 10.0 Å². The number of thiazole rings is 1. The highest BCUT2D eigenvalue weighted by Gasteiger charge is 2.06. The monoisotopic (exact) mass is 304 g/mol. The van der Waals surface area contributed by atoms with Crippen LogP contribution >= 0.6 is 34.5 Å². The van der Waals surface area contributed by atoms with Gasteiger partial charge in [-0.15, -0.1) is 11.3 Å². The molecule has 0 bridgehead atoms. The third-order valence-electron chi connectivity index (χ3n) is 2.07. The van der Waals surface area contributed by atoms with Crippen molar-refractivity contribution in [2.75, 3.05) is 0 Å². The largest absolute Gasteiger partial charge is 0.485 e. The standard InChI is InChI=1S/C11H10Cl2N2O2S/c12-7-1-2-9(13)10(3-7)16-5-11-15-8(4-17-14)6-18-11/h1-3,6H,4-5,14H2. The lowest BCUT2D eigenvalue weighted by atomic mass is 10.3. The minimum Gasteiger partial charge on any atom is -0.485 e. The van der Waals surface area contributed by atoms with E-state index < -0.39 is 0 Å². The molecule has 2 aromatic rings. The quantitative estimate of drug-likeness (QED) is 0.860. The first kappa shape index (κ1) is 13.6. The first-order chi connectivity index (χ1) is 8.69. The first-order valence-corrected chi connectivity index (χ1v) is 6.65. The van der Waals surface area contributed by atoms with Gasteiger partial charge in [-0.05, 0) is 12.1 Å². The van der Waals surface area contributed by atoms with Gasteiger partial charge in [0.25, 0.3) is 0 Å². The average molecular weight is 305 g/mol. The second-order valence-electron chi connectivity index (χ2n) is 3.41. The molecule has 0 amide bonds. The van der Waals surface area contributed by atoms with Crippen LogP contribution in [0.3, 0.4) is 0 Å². The Morgan fingerprint density at radius 2 is 2.11 bits per heavy atom. The Kier molecular flexibility index (Phi) is 4.79. The van der Waals surface area contributed by atoms with Crippen molar-refractivity contribution in [3.8, 4) is 5.75 Å². The number of nitrogens with two attached hydrogens (primary N) is 1. The lowest BCUT2D eigenvalue weighted by molar-refractivity contribution is 0.121. The van der Waals surface area contributed by atoms with Gasteiger partial charge in [0.1, 0.15) is 24.0 Å². The summed E-state index contributed by atoms with van der Waals surface area (Å²) in [5, 5.41) is 3.77. The van der Waals surface area contributed by atoms with E-state index >= 15 is 0 Å². The van der Waals surface area contributed by atoms with Gasteiger partial charge in [0.15, 0.2) is 0 Å². The molecule has 2 rings (SSSR count). The van der Waals surface area contributed by atoms with Crippen molar-refractivity contribution in [2.24, 2.45) is 5.90 Å². The van der Waals surface area contributed by atoms with Crippen LogP contribution in [0, 0.1) is 0 Å². The van der Waals surface area contributed by atoms with E-state index in [1.165, 1.54) is 11.3 Å². The van der Waals surface area contributed by atoms with Crippen molar-refractivity contribution < 1.29 is 9.57 Å². The van der Waals surface area contributed by atoms with Gasteiger partial charge in [0.05, 0.1) is 10.7 Å². The van der Waals surface area contributed by atoms with Crippen molar-refractivity contribution in [1.82, 2.24) is 4.98 Å². The lowest BCUT2D eigenvalue weighted by Gasteiger charge is -2.06. The SMILES string of the molecule is NOCc1csc(COc2cc(Cl)ccc2Cl)n1. The zero-order valence-corrected chi connectivity index (χ0v) is 11.6. The Labute approximate surface area is 118 Å². The molecule has 0 unspecified atom stereocenters. The second kappa shape index (κ2) is 6.36. The van der Waals surface area contributed by atoms with E-state index in [-0.39, 0.29) is 6.61 Å².